The van der Waals surface area contributed by atoms with Gasteiger partial charge >= 0.3 is 6.42 Å². The molecule has 0 radical (unpaired) electrons. The zero-order valence-corrected chi connectivity index (χ0v) is 15.3. The van der Waals surface area contributed by atoms with Crippen molar-refractivity contribution in [1.82, 2.24) is 0 Å². The molecule has 0 amide bonds. The van der Waals surface area contributed by atoms with Gasteiger partial charge in [0.1, 0.15) is 12.4 Å². The van der Waals surface area contributed by atoms with Crippen LogP contribution in [0.5, 0.6) is 0 Å². The van der Waals surface area contributed by atoms with Gasteiger partial charge in [0.15, 0.2) is 0 Å². The Morgan fingerprint density at radius 1 is 0.846 bits per heavy atom. The van der Waals surface area contributed by atoms with Gasteiger partial charge in [-0.15, -0.1) is 10.9 Å². The van der Waals surface area contributed by atoms with E-state index in [9.17, 15) is 5.53 Å². The van der Waals surface area contributed by atoms with Gasteiger partial charge in [-0.2, -0.15) is 5.03 Å². The van der Waals surface area contributed by atoms with Crippen LogP contribution in [0.1, 0.15) is 26.3 Å². The summed E-state index contributed by atoms with van der Waals surface area (Å²) in [6, 6.07) is 20.7. The number of benzene rings is 2. The number of aromatic nitrogens is 1. The molecule has 0 fully saturated rings. The SMILES string of the molecule is CC(C)(C)c1cc[n+]([B-]2(N=[N+]=[N-])c3ccccc3-c3ccccc32)cc1. The van der Waals surface area contributed by atoms with Crippen LogP contribution in [-0.2, 0) is 5.41 Å². The molecule has 2 aromatic carbocycles. The molecule has 0 spiro atoms. The van der Waals surface area contributed by atoms with Gasteiger partial charge in [-0.25, -0.2) is 0 Å². The van der Waals surface area contributed by atoms with Crippen LogP contribution < -0.4 is 15.4 Å². The van der Waals surface area contributed by atoms with Gasteiger partial charge in [-0.1, -0.05) is 69.3 Å². The molecule has 1 aliphatic rings. The van der Waals surface area contributed by atoms with Crippen LogP contribution >= 0.6 is 0 Å². The highest BCUT2D eigenvalue weighted by Gasteiger charge is 2.46. The Morgan fingerprint density at radius 2 is 1.35 bits per heavy atom. The zero-order chi connectivity index (χ0) is 18.4. The molecule has 1 aliphatic heterocycles. The molecule has 128 valence electrons. The van der Waals surface area contributed by atoms with Crippen LogP contribution in [0.2, 0.25) is 0 Å². The molecule has 0 atom stereocenters. The van der Waals surface area contributed by atoms with E-state index in [2.05, 4.69) is 71.6 Å². The van der Waals surface area contributed by atoms with Gasteiger partial charge in [0.25, 0.3) is 0 Å². The second kappa shape index (κ2) is 5.75. The molecule has 0 bridgehead atoms. The van der Waals surface area contributed by atoms with Gasteiger partial charge in [-0.3, -0.25) is 0 Å². The summed E-state index contributed by atoms with van der Waals surface area (Å²) in [6.07, 6.45) is 2.34. The van der Waals surface area contributed by atoms with E-state index in [4.69, 9.17) is 0 Å². The highest BCUT2D eigenvalue weighted by atomic mass is 15.2. The topological polar surface area (TPSA) is 52.6 Å². The first-order valence-electron chi connectivity index (χ1n) is 8.91. The number of fused-ring (bicyclic) bond motifs is 3. The Bertz CT molecular complexity index is 983. The lowest BCUT2D eigenvalue weighted by Gasteiger charge is -2.29. The summed E-state index contributed by atoms with van der Waals surface area (Å²) in [7, 11) is 0. The van der Waals surface area contributed by atoms with Crippen LogP contribution in [0, 0.1) is 0 Å². The standard InChI is InChI=1S/C21H21BN4/c1-21(2,3)16-12-14-26(15-13-16)22(24-25-23)19-10-6-4-8-17(19)18-9-5-7-11-20(18)22/h4-15H,1-3H3. The maximum Gasteiger partial charge on any atom is 0.409 e. The van der Waals surface area contributed by atoms with Crippen molar-refractivity contribution in [3.05, 3.63) is 89.1 Å². The van der Waals surface area contributed by atoms with Crippen molar-refractivity contribution >= 4 is 17.3 Å². The molecule has 0 aliphatic carbocycles. The second-order valence-corrected chi connectivity index (χ2v) is 7.94. The predicted octanol–water partition coefficient (Wildman–Crippen LogP) is 3.67. The highest BCUT2D eigenvalue weighted by Crippen LogP contribution is 2.27. The lowest BCUT2D eigenvalue weighted by Crippen LogP contribution is -2.75. The smallest absolute Gasteiger partial charge is 0.409 e. The Morgan fingerprint density at radius 3 is 1.81 bits per heavy atom. The molecule has 2 heterocycles. The summed E-state index contributed by atoms with van der Waals surface area (Å²) >= 11 is 0. The largest absolute Gasteiger partial charge is 0.416 e. The van der Waals surface area contributed by atoms with E-state index >= 15 is 0 Å². The first-order valence-corrected chi connectivity index (χ1v) is 8.91. The van der Waals surface area contributed by atoms with E-state index in [0.717, 1.165) is 22.1 Å². The van der Waals surface area contributed by atoms with Crippen molar-refractivity contribution in [3.8, 4) is 11.1 Å². The lowest BCUT2D eigenvalue weighted by atomic mass is 9.40. The number of pyridine rings is 1. The van der Waals surface area contributed by atoms with E-state index in [-0.39, 0.29) is 5.41 Å². The number of rotatable bonds is 2. The molecule has 0 saturated heterocycles. The van der Waals surface area contributed by atoms with Crippen LogP contribution in [0.4, 0.5) is 0 Å². The molecule has 1 aromatic heterocycles. The van der Waals surface area contributed by atoms with E-state index in [0.29, 0.717) is 0 Å². The maximum atomic E-state index is 9.45. The van der Waals surface area contributed by atoms with Crippen LogP contribution in [0.3, 0.4) is 0 Å². The molecular formula is C21H21BN4. The summed E-state index contributed by atoms with van der Waals surface area (Å²) in [4.78, 5) is 3.27. The molecule has 0 N–H and O–H groups in total. The zero-order valence-electron chi connectivity index (χ0n) is 15.3. The quantitative estimate of drug-likeness (QED) is 0.296. The fourth-order valence-electron chi connectivity index (χ4n) is 4.12. The van der Waals surface area contributed by atoms with Crippen molar-refractivity contribution in [3.63, 3.8) is 0 Å². The molecular weight excluding hydrogens is 319 g/mol. The molecule has 0 unspecified atom stereocenters. The van der Waals surface area contributed by atoms with Gasteiger partial charge in [0.05, 0.1) is 0 Å². The summed E-state index contributed by atoms with van der Waals surface area (Å²) in [5.41, 5.74) is 15.2. The average molecular weight is 340 g/mol. The Labute approximate surface area is 153 Å². The third-order valence-corrected chi connectivity index (χ3v) is 5.45. The van der Waals surface area contributed by atoms with Crippen molar-refractivity contribution < 1.29 is 4.48 Å². The fourth-order valence-corrected chi connectivity index (χ4v) is 4.12. The number of azide groups is 1. The van der Waals surface area contributed by atoms with Gasteiger partial charge in [0.2, 0.25) is 0 Å². The lowest BCUT2D eigenvalue weighted by molar-refractivity contribution is -0.542. The molecule has 5 heteroatoms. The molecule has 26 heavy (non-hydrogen) atoms. The highest BCUT2D eigenvalue weighted by molar-refractivity contribution is 6.98. The minimum Gasteiger partial charge on any atom is -0.416 e. The van der Waals surface area contributed by atoms with Crippen LogP contribution in [0.15, 0.2) is 78.1 Å². The van der Waals surface area contributed by atoms with Crippen molar-refractivity contribution in [2.75, 3.05) is 0 Å². The first-order chi connectivity index (χ1) is 12.5. The number of nitrogens with zero attached hydrogens (tertiary/aromatic N) is 4. The van der Waals surface area contributed by atoms with Gasteiger partial charge in [-0.05, 0) is 32.5 Å². The normalized spacial score (nSPS) is 14.3. The monoisotopic (exact) mass is 340 g/mol. The maximum absolute atomic E-state index is 9.45. The molecule has 3 aromatic rings. The van der Waals surface area contributed by atoms with E-state index < -0.39 is 6.42 Å². The summed E-state index contributed by atoms with van der Waals surface area (Å²) in [5, 5.41) is 4.41. The first kappa shape index (κ1) is 16.4. The minimum absolute atomic E-state index is 0.0727. The summed E-state index contributed by atoms with van der Waals surface area (Å²) < 4.78 is 2.08. The molecule has 0 saturated carbocycles. The van der Waals surface area contributed by atoms with Crippen LogP contribution in [0.25, 0.3) is 21.6 Å². The van der Waals surface area contributed by atoms with E-state index in [1.54, 1.807) is 0 Å². The average Bonchev–Trinajstić information content (AvgIpc) is 2.93. The van der Waals surface area contributed by atoms with Crippen molar-refractivity contribution in [2.45, 2.75) is 26.2 Å². The molecule has 4 rings (SSSR count). The Hall–Kier alpha value is -3.04. The van der Waals surface area contributed by atoms with E-state index in [1.807, 2.05) is 36.7 Å². The minimum atomic E-state index is -1.76. The van der Waals surface area contributed by atoms with Gasteiger partial charge in [0, 0.05) is 12.1 Å². The third kappa shape index (κ3) is 2.25. The van der Waals surface area contributed by atoms with Crippen molar-refractivity contribution in [1.29, 1.82) is 0 Å². The second-order valence-electron chi connectivity index (χ2n) is 7.94. The Balaban J connectivity index is 2.03. The number of hydrogen-bond donors (Lipinski definition) is 0. The van der Waals surface area contributed by atoms with Crippen molar-refractivity contribution in [2.24, 2.45) is 5.03 Å². The van der Waals surface area contributed by atoms with Gasteiger partial charge < -0.3 is 4.48 Å². The van der Waals surface area contributed by atoms with Crippen LogP contribution in [-0.4, -0.2) is 6.42 Å². The summed E-state index contributed by atoms with van der Waals surface area (Å²) in [5.74, 6) is 0. The van der Waals surface area contributed by atoms with E-state index in [1.165, 1.54) is 5.56 Å². The predicted molar refractivity (Wildman–Crippen MR) is 107 cm³/mol. The fraction of sp³-hybridized carbons (Fsp3) is 0.190. The summed E-state index contributed by atoms with van der Waals surface area (Å²) in [6.45, 7) is 6.59. The molecule has 4 nitrogen and oxygen atoms in total. The number of hydrogen-bond acceptors (Lipinski definition) is 1. The Kier molecular flexibility index (Phi) is 3.64. The third-order valence-electron chi connectivity index (χ3n) is 5.45.